The highest BCUT2D eigenvalue weighted by Crippen LogP contribution is 2.02. The molecule has 1 aromatic rings. The van der Waals surface area contributed by atoms with Crippen molar-refractivity contribution in [3.63, 3.8) is 0 Å². The minimum Gasteiger partial charge on any atom is -0.481 e. The van der Waals surface area contributed by atoms with Crippen molar-refractivity contribution in [2.24, 2.45) is 0 Å². The van der Waals surface area contributed by atoms with Gasteiger partial charge in [-0.05, 0) is 17.7 Å². The van der Waals surface area contributed by atoms with Gasteiger partial charge >= 0.3 is 5.97 Å². The molecule has 0 aliphatic heterocycles. The number of carbonyl (C=O) groups is 2. The molecule has 0 radical (unpaired) electrons. The first kappa shape index (κ1) is 11.2. The van der Waals surface area contributed by atoms with Gasteiger partial charge in [-0.3, -0.25) is 14.6 Å². The van der Waals surface area contributed by atoms with Crippen molar-refractivity contribution in [3.05, 3.63) is 30.1 Å². The molecule has 0 aliphatic rings. The van der Waals surface area contributed by atoms with E-state index in [2.05, 4.69) is 4.98 Å². The lowest BCUT2D eigenvalue weighted by molar-refractivity contribution is -0.143. The first-order chi connectivity index (χ1) is 7.09. The van der Waals surface area contributed by atoms with Gasteiger partial charge in [0.1, 0.15) is 6.42 Å². The van der Waals surface area contributed by atoms with Gasteiger partial charge in [-0.1, -0.05) is 0 Å². The molecule has 80 valence electrons. The van der Waals surface area contributed by atoms with Crippen LogP contribution in [0.3, 0.4) is 0 Å². The Hall–Kier alpha value is -1.91. The first-order valence-corrected chi connectivity index (χ1v) is 4.44. The molecule has 5 heteroatoms. The van der Waals surface area contributed by atoms with Crippen LogP contribution in [0.15, 0.2) is 24.5 Å². The standard InChI is InChI=1S/C10H12N2O3/c1-12(9(13)6-10(14)15)7-8-2-4-11-5-3-8/h2-5H,6-7H2,1H3,(H,14,15). The van der Waals surface area contributed by atoms with E-state index in [4.69, 9.17) is 5.11 Å². The summed E-state index contributed by atoms with van der Waals surface area (Å²) in [6.45, 7) is 0.397. The molecule has 0 unspecified atom stereocenters. The molecular formula is C10H12N2O3. The van der Waals surface area contributed by atoms with Gasteiger partial charge in [0.25, 0.3) is 0 Å². The summed E-state index contributed by atoms with van der Waals surface area (Å²) in [7, 11) is 1.58. The second-order valence-corrected chi connectivity index (χ2v) is 3.18. The Bertz CT molecular complexity index is 351. The Morgan fingerprint density at radius 3 is 2.53 bits per heavy atom. The second-order valence-electron chi connectivity index (χ2n) is 3.18. The first-order valence-electron chi connectivity index (χ1n) is 4.44. The minimum absolute atomic E-state index is 0.397. The Morgan fingerprint density at radius 2 is 2.00 bits per heavy atom. The number of amides is 1. The van der Waals surface area contributed by atoms with E-state index in [9.17, 15) is 9.59 Å². The SMILES string of the molecule is CN(Cc1ccncc1)C(=O)CC(=O)O. The number of carboxylic acids is 1. The molecule has 0 spiro atoms. The smallest absolute Gasteiger partial charge is 0.312 e. The van der Waals surface area contributed by atoms with Gasteiger partial charge in [0.15, 0.2) is 0 Å². The van der Waals surface area contributed by atoms with Crippen LogP contribution >= 0.6 is 0 Å². The maximum absolute atomic E-state index is 11.3. The highest BCUT2D eigenvalue weighted by Gasteiger charge is 2.12. The molecule has 0 aliphatic carbocycles. The summed E-state index contributed by atoms with van der Waals surface area (Å²) in [4.78, 5) is 26.8. The lowest BCUT2D eigenvalue weighted by Gasteiger charge is -2.15. The molecule has 0 bridgehead atoms. The van der Waals surface area contributed by atoms with Crippen LogP contribution in [-0.2, 0) is 16.1 Å². The van der Waals surface area contributed by atoms with Gasteiger partial charge in [0, 0.05) is 26.0 Å². The fraction of sp³-hybridized carbons (Fsp3) is 0.300. The number of aliphatic carboxylic acids is 1. The molecule has 0 atom stereocenters. The number of rotatable bonds is 4. The average Bonchev–Trinajstić information content (AvgIpc) is 2.18. The van der Waals surface area contributed by atoms with Gasteiger partial charge in [0.05, 0.1) is 0 Å². The topological polar surface area (TPSA) is 70.5 Å². The van der Waals surface area contributed by atoms with Gasteiger partial charge in [-0.25, -0.2) is 0 Å². The number of carbonyl (C=O) groups excluding carboxylic acids is 1. The Balaban J connectivity index is 2.52. The third-order valence-electron chi connectivity index (χ3n) is 1.90. The quantitative estimate of drug-likeness (QED) is 0.732. The van der Waals surface area contributed by atoms with E-state index in [0.717, 1.165) is 5.56 Å². The predicted octanol–water partition coefficient (Wildman–Crippen LogP) is 0.515. The summed E-state index contributed by atoms with van der Waals surface area (Å²) >= 11 is 0. The van der Waals surface area contributed by atoms with Crippen LogP contribution in [0.5, 0.6) is 0 Å². The van der Waals surface area contributed by atoms with Gasteiger partial charge in [-0.2, -0.15) is 0 Å². The number of pyridine rings is 1. The normalized spacial score (nSPS) is 9.67. The van der Waals surface area contributed by atoms with Crippen LogP contribution in [0, 0.1) is 0 Å². The van der Waals surface area contributed by atoms with Crippen LogP contribution < -0.4 is 0 Å². The van der Waals surface area contributed by atoms with Crippen molar-refractivity contribution < 1.29 is 14.7 Å². The van der Waals surface area contributed by atoms with Crippen LogP contribution in [0.25, 0.3) is 0 Å². The Morgan fingerprint density at radius 1 is 1.40 bits per heavy atom. The van der Waals surface area contributed by atoms with Gasteiger partial charge in [0.2, 0.25) is 5.91 Å². The van der Waals surface area contributed by atoms with Crippen LogP contribution in [0.1, 0.15) is 12.0 Å². The van der Waals surface area contributed by atoms with E-state index in [1.807, 2.05) is 0 Å². The van der Waals surface area contributed by atoms with E-state index in [1.54, 1.807) is 31.6 Å². The minimum atomic E-state index is -1.11. The highest BCUT2D eigenvalue weighted by molar-refractivity contribution is 5.93. The molecule has 0 fully saturated rings. The average molecular weight is 208 g/mol. The molecule has 15 heavy (non-hydrogen) atoms. The monoisotopic (exact) mass is 208 g/mol. The molecule has 1 aromatic heterocycles. The lowest BCUT2D eigenvalue weighted by Crippen LogP contribution is -2.27. The van der Waals surface area contributed by atoms with Crippen molar-refractivity contribution in [2.45, 2.75) is 13.0 Å². The van der Waals surface area contributed by atoms with Crippen LogP contribution in [-0.4, -0.2) is 33.9 Å². The third-order valence-corrected chi connectivity index (χ3v) is 1.90. The van der Waals surface area contributed by atoms with E-state index < -0.39 is 18.3 Å². The van der Waals surface area contributed by atoms with Crippen molar-refractivity contribution in [1.29, 1.82) is 0 Å². The number of hydrogen-bond donors (Lipinski definition) is 1. The number of aromatic nitrogens is 1. The van der Waals surface area contributed by atoms with Crippen molar-refractivity contribution in [3.8, 4) is 0 Å². The zero-order valence-electron chi connectivity index (χ0n) is 8.38. The van der Waals surface area contributed by atoms with Crippen LogP contribution in [0.4, 0.5) is 0 Å². The van der Waals surface area contributed by atoms with Gasteiger partial charge in [-0.15, -0.1) is 0 Å². The van der Waals surface area contributed by atoms with Crippen LogP contribution in [0.2, 0.25) is 0 Å². The highest BCUT2D eigenvalue weighted by atomic mass is 16.4. The van der Waals surface area contributed by atoms with Gasteiger partial charge < -0.3 is 10.0 Å². The summed E-state index contributed by atoms with van der Waals surface area (Å²) < 4.78 is 0. The van der Waals surface area contributed by atoms with Crippen molar-refractivity contribution >= 4 is 11.9 Å². The second kappa shape index (κ2) is 5.09. The number of nitrogens with zero attached hydrogens (tertiary/aromatic N) is 2. The summed E-state index contributed by atoms with van der Waals surface area (Å²) in [5, 5.41) is 8.44. The molecule has 1 N–H and O–H groups in total. The van der Waals surface area contributed by atoms with E-state index >= 15 is 0 Å². The maximum Gasteiger partial charge on any atom is 0.312 e. The summed E-state index contributed by atoms with van der Waals surface area (Å²) in [5.41, 5.74) is 0.922. The van der Waals surface area contributed by atoms with E-state index in [-0.39, 0.29) is 0 Å². The molecule has 0 saturated carbocycles. The predicted molar refractivity (Wildman–Crippen MR) is 53.0 cm³/mol. The Labute approximate surface area is 87.4 Å². The van der Waals surface area contributed by atoms with E-state index in [1.165, 1.54) is 4.90 Å². The number of hydrogen-bond acceptors (Lipinski definition) is 3. The van der Waals surface area contributed by atoms with Crippen molar-refractivity contribution in [1.82, 2.24) is 9.88 Å². The molecule has 5 nitrogen and oxygen atoms in total. The lowest BCUT2D eigenvalue weighted by atomic mass is 10.2. The number of carboxylic acid groups (broad SMARTS) is 1. The van der Waals surface area contributed by atoms with Crippen molar-refractivity contribution in [2.75, 3.05) is 7.05 Å². The summed E-state index contributed by atoms with van der Waals surface area (Å²) in [6.07, 6.45) is 2.79. The zero-order valence-corrected chi connectivity index (χ0v) is 8.38. The molecule has 1 heterocycles. The molecule has 0 saturated heterocycles. The molecule has 0 aromatic carbocycles. The zero-order chi connectivity index (χ0) is 11.3. The fourth-order valence-corrected chi connectivity index (χ4v) is 1.11. The molecular weight excluding hydrogens is 196 g/mol. The third kappa shape index (κ3) is 3.76. The van der Waals surface area contributed by atoms with E-state index in [0.29, 0.717) is 6.54 Å². The molecule has 1 rings (SSSR count). The Kier molecular flexibility index (Phi) is 3.79. The summed E-state index contributed by atoms with van der Waals surface area (Å²) in [6, 6.07) is 3.56. The maximum atomic E-state index is 11.3. The summed E-state index contributed by atoms with van der Waals surface area (Å²) in [5.74, 6) is -1.51. The molecule has 1 amide bonds. The fourth-order valence-electron chi connectivity index (χ4n) is 1.11. The largest absolute Gasteiger partial charge is 0.481 e.